The molecule has 0 aromatic heterocycles. The summed E-state index contributed by atoms with van der Waals surface area (Å²) < 4.78 is 71.5. The minimum absolute atomic E-state index is 0.218. The van der Waals surface area contributed by atoms with Crippen molar-refractivity contribution in [2.24, 2.45) is 17.8 Å². The molecule has 4 saturated carbocycles. The van der Waals surface area contributed by atoms with Crippen molar-refractivity contribution in [3.8, 4) is 0 Å². The number of hydrogen-bond acceptors (Lipinski definition) is 3. The number of halogens is 5. The van der Waals surface area contributed by atoms with E-state index in [1.54, 1.807) is 0 Å². The van der Waals surface area contributed by atoms with Gasteiger partial charge in [0.1, 0.15) is 0 Å². The van der Waals surface area contributed by atoms with Crippen molar-refractivity contribution >= 4 is 0 Å². The van der Waals surface area contributed by atoms with Crippen LogP contribution in [0.5, 0.6) is 0 Å². The lowest BCUT2D eigenvalue weighted by atomic mass is 9.54. The van der Waals surface area contributed by atoms with Gasteiger partial charge in [-0.3, -0.25) is 0 Å². The van der Waals surface area contributed by atoms with E-state index in [-0.39, 0.29) is 17.8 Å². The highest BCUT2D eigenvalue weighted by atomic mass is 19.3. The van der Waals surface area contributed by atoms with Gasteiger partial charge >= 0.3 is 18.4 Å². The Kier molecular flexibility index (Phi) is 3.50. The van der Waals surface area contributed by atoms with E-state index in [4.69, 9.17) is 5.26 Å². The van der Waals surface area contributed by atoms with Gasteiger partial charge in [0, 0.05) is 0 Å². The fraction of sp³-hybridized carbons (Fsp3) is 1.00. The summed E-state index contributed by atoms with van der Waals surface area (Å²) in [7, 11) is 0. The second-order valence-electron chi connectivity index (χ2n) is 6.76. The molecule has 1 N–H and O–H groups in total. The fourth-order valence-corrected chi connectivity index (χ4v) is 4.69. The van der Waals surface area contributed by atoms with Crippen LogP contribution in [0, 0.1) is 17.8 Å². The van der Waals surface area contributed by atoms with Crippen molar-refractivity contribution in [3.05, 3.63) is 0 Å². The Hall–Kier alpha value is -0.470. The molecule has 4 aliphatic carbocycles. The van der Waals surface area contributed by atoms with Gasteiger partial charge in [-0.1, -0.05) is 0 Å². The van der Waals surface area contributed by atoms with Crippen LogP contribution >= 0.6 is 0 Å². The average molecular weight is 316 g/mol. The molecule has 1 unspecified atom stereocenters. The molecular formula is C13H17F5O3. The highest BCUT2D eigenvalue weighted by molar-refractivity contribution is 5.04. The van der Waals surface area contributed by atoms with Crippen molar-refractivity contribution in [1.29, 1.82) is 0 Å². The third-order valence-electron chi connectivity index (χ3n) is 5.09. The molecule has 0 heterocycles. The molecule has 0 radical (unpaired) electrons. The van der Waals surface area contributed by atoms with E-state index in [1.807, 2.05) is 0 Å². The SMILES string of the molecule is OOC(F)C(F)(F)C(F)(F)OC12CC3CC(CC(C3)C1)C2. The molecule has 4 aliphatic rings. The Morgan fingerprint density at radius 2 is 1.38 bits per heavy atom. The topological polar surface area (TPSA) is 38.7 Å². The first-order valence-corrected chi connectivity index (χ1v) is 7.07. The Morgan fingerprint density at radius 3 is 1.76 bits per heavy atom. The monoisotopic (exact) mass is 316 g/mol. The molecule has 0 aromatic rings. The van der Waals surface area contributed by atoms with Crippen LogP contribution in [0.1, 0.15) is 38.5 Å². The zero-order valence-electron chi connectivity index (χ0n) is 11.2. The summed E-state index contributed by atoms with van der Waals surface area (Å²) >= 11 is 0. The number of alkyl halides is 5. The predicted octanol–water partition coefficient (Wildman–Crippen LogP) is 3.99. The van der Waals surface area contributed by atoms with Crippen LogP contribution in [0.15, 0.2) is 0 Å². The van der Waals surface area contributed by atoms with Crippen LogP contribution in [0.4, 0.5) is 22.0 Å². The third kappa shape index (κ3) is 2.45. The Balaban J connectivity index is 1.79. The quantitative estimate of drug-likeness (QED) is 0.473. The van der Waals surface area contributed by atoms with Gasteiger partial charge in [-0.2, -0.15) is 22.4 Å². The average Bonchev–Trinajstić information content (AvgIpc) is 2.34. The molecule has 4 rings (SSSR count). The molecule has 3 nitrogen and oxygen atoms in total. The van der Waals surface area contributed by atoms with Crippen LogP contribution in [-0.4, -0.2) is 29.2 Å². The highest BCUT2D eigenvalue weighted by Gasteiger charge is 2.68. The number of ether oxygens (including phenoxy) is 1. The molecular weight excluding hydrogens is 299 g/mol. The summed E-state index contributed by atoms with van der Waals surface area (Å²) in [5, 5.41) is 7.92. The van der Waals surface area contributed by atoms with Crippen molar-refractivity contribution < 1.29 is 36.8 Å². The standard InChI is InChI=1S/C13H17F5O3/c14-10(20-19)12(15,16)13(17,18)21-11-4-7-1-8(5-11)3-9(2-7)6-11/h7-10,19H,1-6H2. The summed E-state index contributed by atoms with van der Waals surface area (Å²) in [6, 6.07) is 0. The Labute approximate surface area is 118 Å². The first-order valence-electron chi connectivity index (χ1n) is 7.07. The van der Waals surface area contributed by atoms with Gasteiger partial charge in [-0.15, -0.1) is 0 Å². The van der Waals surface area contributed by atoms with Crippen molar-refractivity contribution in [2.75, 3.05) is 0 Å². The van der Waals surface area contributed by atoms with Gasteiger partial charge in [-0.05, 0) is 56.3 Å². The largest absolute Gasteiger partial charge is 0.425 e. The molecule has 0 saturated heterocycles. The summed E-state index contributed by atoms with van der Waals surface area (Å²) in [5.41, 5.74) is -1.31. The summed E-state index contributed by atoms with van der Waals surface area (Å²) in [5.74, 6) is -4.59. The van der Waals surface area contributed by atoms with Gasteiger partial charge in [0.15, 0.2) is 0 Å². The molecule has 1 atom stereocenters. The smallest absolute Gasteiger partial charge is 0.309 e. The van der Waals surface area contributed by atoms with Gasteiger partial charge in [0.05, 0.1) is 5.60 Å². The fourth-order valence-electron chi connectivity index (χ4n) is 4.69. The second-order valence-corrected chi connectivity index (χ2v) is 6.76. The van der Waals surface area contributed by atoms with Crippen molar-refractivity contribution in [1.82, 2.24) is 0 Å². The minimum Gasteiger partial charge on any atom is -0.309 e. The Bertz CT molecular complexity index is 379. The van der Waals surface area contributed by atoms with E-state index in [2.05, 4.69) is 9.62 Å². The molecule has 8 heteroatoms. The zero-order valence-corrected chi connectivity index (χ0v) is 11.2. The van der Waals surface area contributed by atoms with Crippen LogP contribution in [-0.2, 0) is 9.62 Å². The maximum atomic E-state index is 13.7. The van der Waals surface area contributed by atoms with Gasteiger partial charge in [-0.25, -0.2) is 9.65 Å². The molecule has 4 fully saturated rings. The van der Waals surface area contributed by atoms with Crippen LogP contribution in [0.2, 0.25) is 0 Å². The van der Waals surface area contributed by atoms with Crippen molar-refractivity contribution in [3.63, 3.8) is 0 Å². The lowest BCUT2D eigenvalue weighted by molar-refractivity contribution is -0.454. The molecule has 0 aromatic carbocycles. The van der Waals surface area contributed by atoms with E-state index >= 15 is 0 Å². The molecule has 0 spiro atoms. The third-order valence-corrected chi connectivity index (χ3v) is 5.09. The van der Waals surface area contributed by atoms with Gasteiger partial charge in [0.2, 0.25) is 0 Å². The lowest BCUT2D eigenvalue weighted by Gasteiger charge is -2.57. The molecule has 21 heavy (non-hydrogen) atoms. The highest BCUT2D eigenvalue weighted by Crippen LogP contribution is 2.59. The van der Waals surface area contributed by atoms with Crippen molar-refractivity contribution in [2.45, 2.75) is 62.5 Å². The molecule has 122 valence electrons. The van der Waals surface area contributed by atoms with E-state index in [9.17, 15) is 22.0 Å². The first-order chi connectivity index (χ1) is 9.67. The normalized spacial score (nSPS) is 40.6. The first kappa shape index (κ1) is 15.4. The molecule has 0 amide bonds. The summed E-state index contributed by atoms with van der Waals surface area (Å²) in [4.78, 5) is 2.75. The number of hydrogen-bond donors (Lipinski definition) is 1. The molecule has 0 aliphatic heterocycles. The zero-order chi connectivity index (χ0) is 15.5. The maximum absolute atomic E-state index is 13.7. The van der Waals surface area contributed by atoms with Gasteiger partial charge < -0.3 is 4.74 Å². The summed E-state index contributed by atoms with van der Waals surface area (Å²) in [6.45, 7) is 0. The maximum Gasteiger partial charge on any atom is 0.425 e. The van der Waals surface area contributed by atoms with E-state index in [0.29, 0.717) is 19.3 Å². The minimum atomic E-state index is -5.24. The predicted molar refractivity (Wildman–Crippen MR) is 60.5 cm³/mol. The van der Waals surface area contributed by atoms with E-state index in [0.717, 1.165) is 19.3 Å². The summed E-state index contributed by atoms with van der Waals surface area (Å²) in [6.07, 6.45) is -5.16. The van der Waals surface area contributed by atoms with Crippen LogP contribution in [0.3, 0.4) is 0 Å². The van der Waals surface area contributed by atoms with E-state index in [1.165, 1.54) is 0 Å². The van der Waals surface area contributed by atoms with Crippen LogP contribution < -0.4 is 0 Å². The van der Waals surface area contributed by atoms with Crippen LogP contribution in [0.25, 0.3) is 0 Å². The van der Waals surface area contributed by atoms with Gasteiger partial charge in [0.25, 0.3) is 0 Å². The number of rotatable bonds is 5. The Morgan fingerprint density at radius 1 is 0.952 bits per heavy atom. The van der Waals surface area contributed by atoms with E-state index < -0.39 is 24.0 Å². The lowest BCUT2D eigenvalue weighted by Crippen LogP contribution is -2.59. The second kappa shape index (κ2) is 4.76. The molecule has 4 bridgehead atoms.